The zero-order chi connectivity index (χ0) is 32.6. The molecule has 3 saturated heterocycles. The lowest BCUT2D eigenvalue weighted by atomic mass is 9.86. The van der Waals surface area contributed by atoms with Crippen LogP contribution in [0.5, 0.6) is 0 Å². The van der Waals surface area contributed by atoms with Gasteiger partial charge in [-0.05, 0) is 19.4 Å². The predicted molar refractivity (Wildman–Crippen MR) is 144 cm³/mol. The summed E-state index contributed by atoms with van der Waals surface area (Å²) < 4.78 is 28.8. The minimum absolute atomic E-state index is 0.0613. The first-order valence-corrected chi connectivity index (χ1v) is 14.8. The zero-order valence-electron chi connectivity index (χ0n) is 24.6. The van der Waals surface area contributed by atoms with Gasteiger partial charge in [-0.15, -0.1) is 0 Å². The van der Waals surface area contributed by atoms with Gasteiger partial charge in [-0.25, -0.2) is 0 Å². The van der Waals surface area contributed by atoms with Crippen molar-refractivity contribution in [3.63, 3.8) is 0 Å². The molecule has 256 valence electrons. The first kappa shape index (κ1) is 35.9. The third-order valence-electron chi connectivity index (χ3n) is 9.11. The van der Waals surface area contributed by atoms with Crippen LogP contribution in [-0.2, 0) is 23.7 Å². The molecule has 0 aromatic rings. The average Bonchev–Trinajstić information content (AvgIpc) is 3.00. The van der Waals surface area contributed by atoms with Crippen molar-refractivity contribution in [1.29, 1.82) is 0 Å². The summed E-state index contributed by atoms with van der Waals surface area (Å²) in [6.45, 7) is 2.85. The van der Waals surface area contributed by atoms with E-state index in [2.05, 4.69) is 5.32 Å². The fourth-order valence-corrected chi connectivity index (χ4v) is 6.27. The normalized spacial score (nSPS) is 52.0. The molecule has 17 heteroatoms. The van der Waals surface area contributed by atoms with E-state index in [1.807, 2.05) is 0 Å². The summed E-state index contributed by atoms with van der Waals surface area (Å²) in [5, 5.41) is 117. The van der Waals surface area contributed by atoms with Gasteiger partial charge in [0.1, 0.15) is 67.1 Å². The van der Waals surface area contributed by atoms with Gasteiger partial charge in [-0.3, -0.25) is 0 Å². The van der Waals surface area contributed by atoms with Crippen LogP contribution in [0.25, 0.3) is 0 Å². The Hall–Kier alpha value is -0.940. The molecule has 44 heavy (non-hydrogen) atoms. The van der Waals surface area contributed by atoms with E-state index in [0.29, 0.717) is 0 Å². The Bertz CT molecular complexity index is 957. The molecule has 19 atom stereocenters. The lowest BCUT2D eigenvalue weighted by Crippen LogP contribution is -2.67. The van der Waals surface area contributed by atoms with Crippen molar-refractivity contribution in [3.05, 3.63) is 11.6 Å². The number of rotatable bonds is 9. The van der Waals surface area contributed by atoms with E-state index < -0.39 is 136 Å². The second kappa shape index (κ2) is 14.9. The van der Waals surface area contributed by atoms with E-state index in [9.17, 15) is 56.2 Å². The molecule has 4 aliphatic rings. The van der Waals surface area contributed by atoms with E-state index in [-0.39, 0.29) is 5.57 Å². The molecule has 3 heterocycles. The van der Waals surface area contributed by atoms with Crippen LogP contribution in [0.2, 0.25) is 0 Å². The molecular weight excluding hydrogens is 594 g/mol. The molecule has 0 bridgehead atoms. The van der Waals surface area contributed by atoms with E-state index in [1.165, 1.54) is 13.0 Å². The number of hydrogen-bond acceptors (Lipinski definition) is 17. The highest BCUT2D eigenvalue weighted by atomic mass is 16.7. The average molecular weight is 642 g/mol. The highest BCUT2D eigenvalue weighted by Crippen LogP contribution is 2.35. The topological polar surface area (TPSA) is 281 Å². The molecule has 0 aromatic carbocycles. The second-order valence-electron chi connectivity index (χ2n) is 12.1. The highest BCUT2D eigenvalue weighted by Gasteiger charge is 2.52. The molecule has 0 spiro atoms. The second-order valence-corrected chi connectivity index (χ2v) is 12.1. The molecule has 12 unspecified atom stereocenters. The van der Waals surface area contributed by atoms with Crippen molar-refractivity contribution in [1.82, 2.24) is 5.32 Å². The molecule has 0 radical (unpaired) electrons. The van der Waals surface area contributed by atoms with Crippen LogP contribution in [0, 0.1) is 5.92 Å². The Kier molecular flexibility index (Phi) is 12.1. The fourth-order valence-electron chi connectivity index (χ4n) is 6.27. The van der Waals surface area contributed by atoms with Crippen LogP contribution in [0.4, 0.5) is 0 Å². The van der Waals surface area contributed by atoms with E-state index in [1.54, 1.807) is 13.8 Å². The SMILES string of the molecule is CC1OC(CO)C(OC2O[C@H](CO)C(OC3OC(C)[C@@H](N[C@H]4C=C(CO)C(O)[C@H](O)C4O)C(O)[C@H]3O)[C@H](C)C2O)C(O)[C@H]1O. The molecule has 4 rings (SSSR count). The third-order valence-corrected chi connectivity index (χ3v) is 9.11. The van der Waals surface area contributed by atoms with E-state index in [0.717, 1.165) is 0 Å². The Labute approximate surface area is 253 Å². The summed E-state index contributed by atoms with van der Waals surface area (Å²) in [6, 6.07) is -2.03. The number of ether oxygens (including phenoxy) is 5. The van der Waals surface area contributed by atoms with E-state index >= 15 is 0 Å². The van der Waals surface area contributed by atoms with Crippen LogP contribution in [0.3, 0.4) is 0 Å². The Morgan fingerprint density at radius 1 is 0.636 bits per heavy atom. The summed E-state index contributed by atoms with van der Waals surface area (Å²) in [5.41, 5.74) is 0.0613. The van der Waals surface area contributed by atoms with Crippen LogP contribution >= 0.6 is 0 Å². The van der Waals surface area contributed by atoms with Gasteiger partial charge >= 0.3 is 0 Å². The summed E-state index contributed by atoms with van der Waals surface area (Å²) >= 11 is 0. The maximum Gasteiger partial charge on any atom is 0.186 e. The maximum atomic E-state index is 11.0. The van der Waals surface area contributed by atoms with Gasteiger partial charge in [-0.2, -0.15) is 0 Å². The van der Waals surface area contributed by atoms with Crippen LogP contribution < -0.4 is 5.32 Å². The molecule has 0 amide bonds. The van der Waals surface area contributed by atoms with Gasteiger partial charge in [0.2, 0.25) is 0 Å². The molecule has 0 aromatic heterocycles. The van der Waals surface area contributed by atoms with Crippen molar-refractivity contribution in [2.75, 3.05) is 19.8 Å². The van der Waals surface area contributed by atoms with Gasteiger partial charge in [0.25, 0.3) is 0 Å². The lowest BCUT2D eigenvalue weighted by molar-refractivity contribution is -0.360. The smallest absolute Gasteiger partial charge is 0.186 e. The third kappa shape index (κ3) is 6.99. The number of nitrogens with one attached hydrogen (secondary N) is 1. The summed E-state index contributed by atoms with van der Waals surface area (Å²) in [7, 11) is 0. The standard InChI is InChI=1S/C27H47NO16/c1-8-16(32)26(44-25-14(7-31)40-10(3)17(33)22(25)38)42-13(6-30)24(8)43-27-23(39)20(36)15(9(2)41-27)28-12-4-11(5-29)18(34)21(37)19(12)35/h4,8-10,12-39H,5-7H2,1-3H3/t8-,9?,10?,12+,13-,14?,15-,16?,17+,18?,19?,20?,21+,22?,23-,24?,25?,26?,27?/m1/s1. The van der Waals surface area contributed by atoms with Gasteiger partial charge in [0.15, 0.2) is 12.6 Å². The quantitative estimate of drug-likeness (QED) is 0.104. The van der Waals surface area contributed by atoms with Gasteiger partial charge < -0.3 is 85.2 Å². The molecule has 3 aliphatic heterocycles. The maximum absolute atomic E-state index is 11.0. The largest absolute Gasteiger partial charge is 0.394 e. The zero-order valence-corrected chi connectivity index (χ0v) is 24.6. The van der Waals surface area contributed by atoms with Gasteiger partial charge in [0.05, 0.1) is 50.2 Å². The summed E-state index contributed by atoms with van der Waals surface area (Å²) in [6.07, 6.45) is -19.9. The highest BCUT2D eigenvalue weighted by molar-refractivity contribution is 5.22. The first-order chi connectivity index (χ1) is 20.7. The van der Waals surface area contributed by atoms with Gasteiger partial charge in [-0.1, -0.05) is 13.0 Å². The van der Waals surface area contributed by atoms with E-state index in [4.69, 9.17) is 23.7 Å². The van der Waals surface area contributed by atoms with Crippen LogP contribution in [-0.4, -0.2) is 186 Å². The number of aliphatic hydroxyl groups is 11. The molecule has 1 aliphatic carbocycles. The molecule has 17 nitrogen and oxygen atoms in total. The fraction of sp³-hybridized carbons (Fsp3) is 0.926. The summed E-state index contributed by atoms with van der Waals surface area (Å²) in [5.74, 6) is -0.838. The van der Waals surface area contributed by atoms with Crippen molar-refractivity contribution in [3.8, 4) is 0 Å². The molecule has 3 fully saturated rings. The van der Waals surface area contributed by atoms with Crippen molar-refractivity contribution < 1.29 is 79.9 Å². The lowest BCUT2D eigenvalue weighted by Gasteiger charge is -2.49. The van der Waals surface area contributed by atoms with Crippen molar-refractivity contribution in [2.24, 2.45) is 5.92 Å². The first-order valence-electron chi connectivity index (χ1n) is 14.8. The minimum Gasteiger partial charge on any atom is -0.394 e. The predicted octanol–water partition coefficient (Wildman–Crippen LogP) is -6.22. The molecule has 12 N–H and O–H groups in total. The van der Waals surface area contributed by atoms with Gasteiger partial charge in [0, 0.05) is 5.92 Å². The minimum atomic E-state index is -1.68. The van der Waals surface area contributed by atoms with Crippen molar-refractivity contribution in [2.45, 2.75) is 131 Å². The Morgan fingerprint density at radius 3 is 1.84 bits per heavy atom. The van der Waals surface area contributed by atoms with Crippen LogP contribution in [0.1, 0.15) is 20.8 Å². The summed E-state index contributed by atoms with van der Waals surface area (Å²) in [4.78, 5) is 0. The number of hydrogen-bond donors (Lipinski definition) is 12. The van der Waals surface area contributed by atoms with Crippen LogP contribution in [0.15, 0.2) is 11.6 Å². The van der Waals surface area contributed by atoms with Crippen molar-refractivity contribution >= 4 is 0 Å². The monoisotopic (exact) mass is 641 g/mol. The number of aliphatic hydroxyl groups excluding tert-OH is 11. The Morgan fingerprint density at radius 2 is 1.23 bits per heavy atom. The Balaban J connectivity index is 1.42. The molecule has 0 saturated carbocycles. The molecular formula is C27H47NO16.